The molecule has 0 amide bonds. The minimum Gasteiger partial charge on any atom is -0.497 e. The van der Waals surface area contributed by atoms with E-state index in [-0.39, 0.29) is 0 Å². The average molecular weight is 413 g/mol. The Hall–Kier alpha value is -0.840. The molecule has 0 fully saturated rings. The number of halogens is 2. The maximum absolute atomic E-state index is 5.31. The van der Waals surface area contributed by atoms with Gasteiger partial charge < -0.3 is 10.1 Å². The van der Waals surface area contributed by atoms with Crippen molar-refractivity contribution in [3.8, 4) is 5.75 Å². The SMILES string of the molecule is CNC(Cc1cccc(Br)c1)Cc1cc(OC)ccc1Br. The molecule has 0 bridgehead atoms. The monoisotopic (exact) mass is 411 g/mol. The summed E-state index contributed by atoms with van der Waals surface area (Å²) in [5.41, 5.74) is 2.58. The van der Waals surface area contributed by atoms with Crippen LogP contribution in [0.25, 0.3) is 0 Å². The third kappa shape index (κ3) is 4.83. The predicted octanol–water partition coefficient (Wildman–Crippen LogP) is 4.59. The quantitative estimate of drug-likeness (QED) is 0.748. The van der Waals surface area contributed by atoms with Crippen LogP contribution >= 0.6 is 31.9 Å². The van der Waals surface area contributed by atoms with Crippen molar-refractivity contribution in [2.45, 2.75) is 18.9 Å². The van der Waals surface area contributed by atoms with Gasteiger partial charge in [-0.3, -0.25) is 0 Å². The molecule has 0 heterocycles. The van der Waals surface area contributed by atoms with Crippen LogP contribution in [0.5, 0.6) is 5.75 Å². The van der Waals surface area contributed by atoms with Gasteiger partial charge in [0.25, 0.3) is 0 Å². The fourth-order valence-corrected chi connectivity index (χ4v) is 3.18. The second-order valence-electron chi connectivity index (χ2n) is 4.98. The Balaban J connectivity index is 2.12. The predicted molar refractivity (Wildman–Crippen MR) is 95.1 cm³/mol. The van der Waals surface area contributed by atoms with E-state index in [1.165, 1.54) is 11.1 Å². The molecule has 0 spiro atoms. The molecule has 0 aliphatic heterocycles. The molecule has 1 unspecified atom stereocenters. The van der Waals surface area contributed by atoms with E-state index in [1.54, 1.807) is 7.11 Å². The minimum absolute atomic E-state index is 0.378. The van der Waals surface area contributed by atoms with E-state index >= 15 is 0 Å². The second kappa shape index (κ2) is 7.97. The van der Waals surface area contributed by atoms with Crippen molar-refractivity contribution < 1.29 is 4.74 Å². The van der Waals surface area contributed by atoms with Gasteiger partial charge in [0.2, 0.25) is 0 Å². The molecule has 0 aromatic heterocycles. The third-order valence-corrected chi connectivity index (χ3v) is 4.77. The summed E-state index contributed by atoms with van der Waals surface area (Å²) in [6.07, 6.45) is 1.93. The van der Waals surface area contributed by atoms with E-state index in [0.29, 0.717) is 6.04 Å². The molecule has 2 rings (SSSR count). The summed E-state index contributed by atoms with van der Waals surface area (Å²) in [6.45, 7) is 0. The van der Waals surface area contributed by atoms with Gasteiger partial charge in [-0.05, 0) is 61.3 Å². The number of likely N-dealkylation sites (N-methyl/N-ethyl adjacent to an activating group) is 1. The standard InChI is InChI=1S/C17H19Br2NO/c1-20-15(9-12-4-3-5-14(18)8-12)10-13-11-16(21-2)6-7-17(13)19/h3-8,11,15,20H,9-10H2,1-2H3. The highest BCUT2D eigenvalue weighted by atomic mass is 79.9. The van der Waals surface area contributed by atoms with Crippen LogP contribution < -0.4 is 10.1 Å². The highest BCUT2D eigenvalue weighted by molar-refractivity contribution is 9.10. The zero-order valence-electron chi connectivity index (χ0n) is 12.2. The van der Waals surface area contributed by atoms with Crippen LogP contribution in [0.15, 0.2) is 51.4 Å². The zero-order valence-corrected chi connectivity index (χ0v) is 15.4. The van der Waals surface area contributed by atoms with E-state index in [4.69, 9.17) is 4.74 Å². The van der Waals surface area contributed by atoms with Gasteiger partial charge in [-0.15, -0.1) is 0 Å². The highest BCUT2D eigenvalue weighted by Gasteiger charge is 2.12. The molecule has 0 saturated carbocycles. The number of benzene rings is 2. The molecule has 2 nitrogen and oxygen atoms in total. The van der Waals surface area contributed by atoms with Gasteiger partial charge in [-0.2, -0.15) is 0 Å². The Morgan fingerprint density at radius 2 is 1.90 bits per heavy atom. The molecular weight excluding hydrogens is 394 g/mol. The van der Waals surface area contributed by atoms with Gasteiger partial charge in [-0.1, -0.05) is 44.0 Å². The van der Waals surface area contributed by atoms with Crippen LogP contribution in [0.3, 0.4) is 0 Å². The van der Waals surface area contributed by atoms with Crippen molar-refractivity contribution in [1.29, 1.82) is 0 Å². The van der Waals surface area contributed by atoms with Gasteiger partial charge in [-0.25, -0.2) is 0 Å². The summed E-state index contributed by atoms with van der Waals surface area (Å²) in [6, 6.07) is 14.9. The van der Waals surface area contributed by atoms with Gasteiger partial charge >= 0.3 is 0 Å². The minimum atomic E-state index is 0.378. The summed E-state index contributed by atoms with van der Waals surface area (Å²) < 4.78 is 7.56. The first-order valence-electron chi connectivity index (χ1n) is 6.86. The van der Waals surface area contributed by atoms with Crippen LogP contribution in [0.2, 0.25) is 0 Å². The Labute approximate surface area is 143 Å². The van der Waals surface area contributed by atoms with Gasteiger partial charge in [0, 0.05) is 15.0 Å². The number of rotatable bonds is 6. The lowest BCUT2D eigenvalue weighted by molar-refractivity contribution is 0.413. The van der Waals surface area contributed by atoms with Crippen LogP contribution in [0.1, 0.15) is 11.1 Å². The van der Waals surface area contributed by atoms with Crippen LogP contribution in [-0.4, -0.2) is 20.2 Å². The van der Waals surface area contributed by atoms with Crippen LogP contribution in [-0.2, 0) is 12.8 Å². The fourth-order valence-electron chi connectivity index (χ4n) is 2.32. The summed E-state index contributed by atoms with van der Waals surface area (Å²) in [5.74, 6) is 0.894. The molecule has 112 valence electrons. The Morgan fingerprint density at radius 1 is 1.10 bits per heavy atom. The number of methoxy groups -OCH3 is 1. The van der Waals surface area contributed by atoms with Crippen LogP contribution in [0, 0.1) is 0 Å². The van der Waals surface area contributed by atoms with E-state index in [0.717, 1.165) is 27.5 Å². The molecule has 0 saturated heterocycles. The van der Waals surface area contributed by atoms with E-state index in [9.17, 15) is 0 Å². The molecule has 0 radical (unpaired) electrons. The highest BCUT2D eigenvalue weighted by Crippen LogP contribution is 2.24. The Kier molecular flexibility index (Phi) is 6.27. The van der Waals surface area contributed by atoms with Gasteiger partial charge in [0.1, 0.15) is 5.75 Å². The smallest absolute Gasteiger partial charge is 0.119 e. The van der Waals surface area contributed by atoms with Gasteiger partial charge in [0.05, 0.1) is 7.11 Å². The number of hydrogen-bond acceptors (Lipinski definition) is 2. The third-order valence-electron chi connectivity index (χ3n) is 3.50. The summed E-state index contributed by atoms with van der Waals surface area (Å²) in [5, 5.41) is 3.41. The Bertz CT molecular complexity index is 601. The molecule has 2 aromatic carbocycles. The van der Waals surface area contributed by atoms with Crippen molar-refractivity contribution in [3.05, 3.63) is 62.5 Å². The number of nitrogens with one attached hydrogen (secondary N) is 1. The van der Waals surface area contributed by atoms with Crippen LogP contribution in [0.4, 0.5) is 0 Å². The number of hydrogen-bond donors (Lipinski definition) is 1. The first kappa shape index (κ1) is 16.5. The maximum Gasteiger partial charge on any atom is 0.119 e. The largest absolute Gasteiger partial charge is 0.497 e. The molecule has 4 heteroatoms. The second-order valence-corrected chi connectivity index (χ2v) is 6.75. The Morgan fingerprint density at radius 3 is 2.57 bits per heavy atom. The average Bonchev–Trinajstić information content (AvgIpc) is 2.48. The summed E-state index contributed by atoms with van der Waals surface area (Å²) in [4.78, 5) is 0. The molecule has 21 heavy (non-hydrogen) atoms. The van der Waals surface area contributed by atoms with Crippen molar-refractivity contribution in [3.63, 3.8) is 0 Å². The summed E-state index contributed by atoms with van der Waals surface area (Å²) in [7, 11) is 3.71. The number of ether oxygens (including phenoxy) is 1. The van der Waals surface area contributed by atoms with E-state index in [1.807, 2.05) is 19.2 Å². The van der Waals surface area contributed by atoms with Crippen molar-refractivity contribution in [2.75, 3.05) is 14.2 Å². The molecular formula is C17H19Br2NO. The molecule has 0 aliphatic carbocycles. The van der Waals surface area contributed by atoms with Crippen molar-refractivity contribution >= 4 is 31.9 Å². The van der Waals surface area contributed by atoms with Gasteiger partial charge in [0.15, 0.2) is 0 Å². The van der Waals surface area contributed by atoms with E-state index in [2.05, 4.69) is 67.5 Å². The zero-order chi connectivity index (χ0) is 15.2. The first-order valence-corrected chi connectivity index (χ1v) is 8.45. The van der Waals surface area contributed by atoms with Crippen molar-refractivity contribution in [2.24, 2.45) is 0 Å². The lowest BCUT2D eigenvalue weighted by Crippen LogP contribution is -2.30. The lowest BCUT2D eigenvalue weighted by Gasteiger charge is -2.18. The fraction of sp³-hybridized carbons (Fsp3) is 0.294. The summed E-state index contributed by atoms with van der Waals surface area (Å²) >= 11 is 7.15. The molecule has 2 aromatic rings. The first-order chi connectivity index (χ1) is 10.1. The van der Waals surface area contributed by atoms with Crippen molar-refractivity contribution in [1.82, 2.24) is 5.32 Å². The van der Waals surface area contributed by atoms with E-state index < -0.39 is 0 Å². The maximum atomic E-state index is 5.31. The molecule has 1 atom stereocenters. The normalized spacial score (nSPS) is 12.2. The molecule has 0 aliphatic rings. The lowest BCUT2D eigenvalue weighted by atomic mass is 9.99. The molecule has 1 N–H and O–H groups in total. The topological polar surface area (TPSA) is 21.3 Å².